The van der Waals surface area contributed by atoms with Crippen LogP contribution in [0.2, 0.25) is 0 Å². The summed E-state index contributed by atoms with van der Waals surface area (Å²) in [4.78, 5) is 10.6. The van der Waals surface area contributed by atoms with Crippen molar-refractivity contribution in [2.24, 2.45) is 5.41 Å². The molecule has 0 spiro atoms. The number of benzene rings is 1. The third-order valence-electron chi connectivity index (χ3n) is 3.33. The number of aliphatic carboxylic acids is 1. The van der Waals surface area contributed by atoms with E-state index in [1.807, 2.05) is 0 Å². The van der Waals surface area contributed by atoms with Crippen molar-refractivity contribution in [3.63, 3.8) is 0 Å². The molecule has 0 amide bonds. The van der Waals surface area contributed by atoms with Crippen LogP contribution in [0.3, 0.4) is 0 Å². The highest BCUT2D eigenvalue weighted by atomic mass is 32.2. The average Bonchev–Trinajstić information content (AvgIpc) is 3.08. The first-order chi connectivity index (χ1) is 8.37. The summed E-state index contributed by atoms with van der Waals surface area (Å²) in [5.74, 6) is -2.09. The van der Waals surface area contributed by atoms with E-state index in [-0.39, 0.29) is 17.1 Å². The third kappa shape index (κ3) is 2.38. The molecule has 0 aliphatic heterocycles. The van der Waals surface area contributed by atoms with E-state index in [0.717, 1.165) is 6.07 Å². The van der Waals surface area contributed by atoms with E-state index in [1.54, 1.807) is 0 Å². The third-order valence-corrected chi connectivity index (χ3v) is 5.07. The van der Waals surface area contributed by atoms with Crippen LogP contribution in [-0.4, -0.2) is 25.2 Å². The minimum absolute atomic E-state index is 0.0407. The lowest BCUT2D eigenvalue weighted by molar-refractivity contribution is -0.143. The van der Waals surface area contributed by atoms with Gasteiger partial charge in [-0.25, -0.2) is 12.8 Å². The van der Waals surface area contributed by atoms with Gasteiger partial charge < -0.3 is 5.11 Å². The normalized spacial score (nSPS) is 17.4. The van der Waals surface area contributed by atoms with Crippen LogP contribution < -0.4 is 0 Å². The van der Waals surface area contributed by atoms with Gasteiger partial charge in [-0.2, -0.15) is 0 Å². The van der Waals surface area contributed by atoms with Crippen LogP contribution in [0.15, 0.2) is 29.2 Å². The second kappa shape index (κ2) is 4.35. The maximum absolute atomic E-state index is 13.4. The fraction of sp³-hybridized carbons (Fsp3) is 0.417. The highest BCUT2D eigenvalue weighted by Crippen LogP contribution is 2.49. The highest BCUT2D eigenvalue weighted by Gasteiger charge is 2.50. The van der Waals surface area contributed by atoms with E-state index >= 15 is 0 Å². The standard InChI is InChI=1S/C12H13FO4S/c13-9-3-1-2-4-10(9)18(16,17)8-7-12(5-6-12)11(14)15/h1-4H,5-8H2,(H,14,15). The van der Waals surface area contributed by atoms with E-state index in [2.05, 4.69) is 0 Å². The smallest absolute Gasteiger partial charge is 0.309 e. The molecule has 0 radical (unpaired) electrons. The van der Waals surface area contributed by atoms with Crippen LogP contribution in [0.4, 0.5) is 4.39 Å². The summed E-state index contributed by atoms with van der Waals surface area (Å²) in [6.45, 7) is 0. The molecule has 0 atom stereocenters. The van der Waals surface area contributed by atoms with Gasteiger partial charge >= 0.3 is 5.97 Å². The SMILES string of the molecule is O=C(O)C1(CCS(=O)(=O)c2ccccc2F)CC1. The quantitative estimate of drug-likeness (QED) is 0.888. The van der Waals surface area contributed by atoms with Gasteiger partial charge in [0, 0.05) is 0 Å². The maximum Gasteiger partial charge on any atom is 0.309 e. The van der Waals surface area contributed by atoms with Gasteiger partial charge in [0.15, 0.2) is 9.84 Å². The Morgan fingerprint density at radius 2 is 1.94 bits per heavy atom. The fourth-order valence-corrected chi connectivity index (χ4v) is 3.39. The molecule has 1 saturated carbocycles. The number of carboxylic acids is 1. The Morgan fingerprint density at radius 1 is 1.33 bits per heavy atom. The molecule has 4 nitrogen and oxygen atoms in total. The Kier molecular flexibility index (Phi) is 3.14. The second-order valence-corrected chi connectivity index (χ2v) is 6.66. The molecule has 1 fully saturated rings. The first-order valence-corrected chi connectivity index (χ1v) is 7.23. The topological polar surface area (TPSA) is 71.4 Å². The Balaban J connectivity index is 2.14. The Labute approximate surface area is 104 Å². The number of hydrogen-bond donors (Lipinski definition) is 1. The van der Waals surface area contributed by atoms with Crippen molar-refractivity contribution in [1.82, 2.24) is 0 Å². The zero-order valence-electron chi connectivity index (χ0n) is 9.60. The number of halogens is 1. The molecule has 6 heteroatoms. The molecule has 98 valence electrons. The van der Waals surface area contributed by atoms with Crippen LogP contribution in [0.5, 0.6) is 0 Å². The number of sulfone groups is 1. The predicted molar refractivity (Wildman–Crippen MR) is 62.4 cm³/mol. The summed E-state index contributed by atoms with van der Waals surface area (Å²) in [5, 5.41) is 8.96. The minimum Gasteiger partial charge on any atom is -0.481 e. The zero-order chi connectivity index (χ0) is 13.4. The number of hydrogen-bond acceptors (Lipinski definition) is 3. The summed E-state index contributed by atoms with van der Waals surface area (Å²) in [5.41, 5.74) is -0.904. The van der Waals surface area contributed by atoms with Crippen molar-refractivity contribution in [3.8, 4) is 0 Å². The Hall–Kier alpha value is -1.43. The molecule has 1 aliphatic rings. The lowest BCUT2D eigenvalue weighted by Gasteiger charge is -2.10. The zero-order valence-corrected chi connectivity index (χ0v) is 10.4. The van der Waals surface area contributed by atoms with Crippen molar-refractivity contribution in [1.29, 1.82) is 0 Å². The van der Waals surface area contributed by atoms with Crippen LogP contribution in [0.25, 0.3) is 0 Å². The monoisotopic (exact) mass is 272 g/mol. The second-order valence-electron chi connectivity index (χ2n) is 4.58. The molecule has 0 heterocycles. The van der Waals surface area contributed by atoms with Gasteiger partial charge in [0.1, 0.15) is 10.7 Å². The Bertz CT molecular complexity index is 575. The summed E-state index contributed by atoms with van der Waals surface area (Å²) in [6, 6.07) is 5.13. The van der Waals surface area contributed by atoms with Crippen molar-refractivity contribution in [2.75, 3.05) is 5.75 Å². The summed E-state index contributed by atoms with van der Waals surface area (Å²) < 4.78 is 37.2. The number of carboxylic acid groups (broad SMARTS) is 1. The lowest BCUT2D eigenvalue weighted by atomic mass is 10.1. The van der Waals surface area contributed by atoms with Crippen LogP contribution >= 0.6 is 0 Å². The number of carbonyl (C=O) groups is 1. The fourth-order valence-electron chi connectivity index (χ4n) is 1.86. The summed E-state index contributed by atoms with van der Waals surface area (Å²) in [6.07, 6.45) is 1.03. The van der Waals surface area contributed by atoms with Gasteiger partial charge in [-0.3, -0.25) is 4.79 Å². The van der Waals surface area contributed by atoms with Gasteiger partial charge in [0.2, 0.25) is 0 Å². The lowest BCUT2D eigenvalue weighted by Crippen LogP contribution is -2.20. The first-order valence-electron chi connectivity index (χ1n) is 5.58. The summed E-state index contributed by atoms with van der Waals surface area (Å²) in [7, 11) is -3.76. The van der Waals surface area contributed by atoms with Gasteiger partial charge in [-0.1, -0.05) is 12.1 Å². The van der Waals surface area contributed by atoms with Crippen molar-refractivity contribution >= 4 is 15.8 Å². The molecule has 1 N–H and O–H groups in total. The first kappa shape index (κ1) is 13.0. The van der Waals surface area contributed by atoms with E-state index < -0.39 is 27.0 Å². The summed E-state index contributed by atoms with van der Waals surface area (Å²) >= 11 is 0. The van der Waals surface area contributed by atoms with Crippen LogP contribution in [-0.2, 0) is 14.6 Å². The minimum atomic E-state index is -3.76. The molecule has 1 aliphatic carbocycles. The van der Waals surface area contributed by atoms with Crippen molar-refractivity contribution in [2.45, 2.75) is 24.2 Å². The average molecular weight is 272 g/mol. The molecule has 0 bridgehead atoms. The molecule has 0 unspecified atom stereocenters. The van der Waals surface area contributed by atoms with E-state index in [0.29, 0.717) is 12.8 Å². The molecule has 2 rings (SSSR count). The molecule has 0 saturated heterocycles. The molecule has 1 aromatic carbocycles. The van der Waals surface area contributed by atoms with Crippen molar-refractivity contribution in [3.05, 3.63) is 30.1 Å². The van der Waals surface area contributed by atoms with Gasteiger partial charge in [0.05, 0.1) is 11.2 Å². The molecular weight excluding hydrogens is 259 g/mol. The van der Waals surface area contributed by atoms with E-state index in [1.165, 1.54) is 18.2 Å². The number of rotatable bonds is 5. The van der Waals surface area contributed by atoms with Crippen molar-refractivity contribution < 1.29 is 22.7 Å². The maximum atomic E-state index is 13.4. The Morgan fingerprint density at radius 3 is 2.44 bits per heavy atom. The van der Waals surface area contributed by atoms with E-state index in [9.17, 15) is 17.6 Å². The van der Waals surface area contributed by atoms with Crippen LogP contribution in [0.1, 0.15) is 19.3 Å². The predicted octanol–water partition coefficient (Wildman–Crippen LogP) is 1.85. The van der Waals surface area contributed by atoms with Gasteiger partial charge in [0.25, 0.3) is 0 Å². The molecular formula is C12H13FO4S. The van der Waals surface area contributed by atoms with Crippen LogP contribution in [0, 0.1) is 11.2 Å². The molecule has 18 heavy (non-hydrogen) atoms. The molecule has 1 aromatic rings. The van der Waals surface area contributed by atoms with Gasteiger partial charge in [-0.05, 0) is 31.4 Å². The van der Waals surface area contributed by atoms with E-state index in [4.69, 9.17) is 5.11 Å². The van der Waals surface area contributed by atoms with Gasteiger partial charge in [-0.15, -0.1) is 0 Å². The highest BCUT2D eigenvalue weighted by molar-refractivity contribution is 7.91. The largest absolute Gasteiger partial charge is 0.481 e. The molecule has 0 aromatic heterocycles.